The zero-order chi connectivity index (χ0) is 19.3. The maximum atomic E-state index is 13.0. The fourth-order valence-corrected chi connectivity index (χ4v) is 3.64. The van der Waals surface area contributed by atoms with Gasteiger partial charge in [-0.2, -0.15) is 13.2 Å². The molecule has 0 saturated carbocycles. The molecule has 0 saturated heterocycles. The van der Waals surface area contributed by atoms with Crippen molar-refractivity contribution in [2.24, 2.45) is 0 Å². The Labute approximate surface area is 157 Å². The minimum Gasteiger partial charge on any atom is -0.333 e. The Morgan fingerprint density at radius 2 is 2.15 bits per heavy atom. The van der Waals surface area contributed by atoms with Gasteiger partial charge >= 0.3 is 6.18 Å². The van der Waals surface area contributed by atoms with Crippen LogP contribution in [0.2, 0.25) is 5.02 Å². The first-order valence-electron chi connectivity index (χ1n) is 8.27. The summed E-state index contributed by atoms with van der Waals surface area (Å²) < 4.78 is 38.9. The SMILES string of the molecule is C[C@@H]1c2cccnc2CCN1C(=O)c1nc2cc(C(F)(F)F)cc(Cl)c2[nH]1. The summed E-state index contributed by atoms with van der Waals surface area (Å²) in [5, 5.41) is -0.132. The summed E-state index contributed by atoms with van der Waals surface area (Å²) in [5.74, 6) is -0.428. The van der Waals surface area contributed by atoms with Crippen LogP contribution in [0.4, 0.5) is 13.2 Å². The van der Waals surface area contributed by atoms with E-state index in [1.165, 1.54) is 0 Å². The highest BCUT2D eigenvalue weighted by molar-refractivity contribution is 6.35. The molecule has 0 bridgehead atoms. The number of fused-ring (bicyclic) bond motifs is 2. The van der Waals surface area contributed by atoms with E-state index < -0.39 is 17.6 Å². The molecule has 0 aliphatic carbocycles. The van der Waals surface area contributed by atoms with Gasteiger partial charge < -0.3 is 9.88 Å². The quantitative estimate of drug-likeness (QED) is 0.666. The third kappa shape index (κ3) is 3.03. The number of imidazole rings is 1. The van der Waals surface area contributed by atoms with E-state index in [2.05, 4.69) is 15.0 Å². The predicted molar refractivity (Wildman–Crippen MR) is 93.5 cm³/mol. The molecule has 0 unspecified atom stereocenters. The second-order valence-electron chi connectivity index (χ2n) is 6.40. The largest absolute Gasteiger partial charge is 0.416 e. The molecule has 1 N–H and O–H groups in total. The maximum absolute atomic E-state index is 13.0. The fraction of sp³-hybridized carbons (Fsp3) is 0.278. The Morgan fingerprint density at radius 3 is 2.89 bits per heavy atom. The van der Waals surface area contributed by atoms with Crippen molar-refractivity contribution in [1.82, 2.24) is 19.9 Å². The standard InChI is InChI=1S/C18H14ClF3N4O/c1-9-11-3-2-5-23-13(11)4-6-26(9)17(27)16-24-14-8-10(18(20,21)22)7-12(19)15(14)25-16/h2-3,5,7-9H,4,6H2,1H3,(H,24,25)/t9-/m1/s1. The molecule has 1 aliphatic heterocycles. The molecule has 1 atom stereocenters. The lowest BCUT2D eigenvalue weighted by atomic mass is 9.98. The number of nitrogens with one attached hydrogen (secondary N) is 1. The molecule has 2 aromatic heterocycles. The van der Waals surface area contributed by atoms with Crippen LogP contribution in [0.3, 0.4) is 0 Å². The van der Waals surface area contributed by atoms with Crippen molar-refractivity contribution in [1.29, 1.82) is 0 Å². The number of carbonyl (C=O) groups is 1. The first-order chi connectivity index (χ1) is 12.8. The Morgan fingerprint density at radius 1 is 1.37 bits per heavy atom. The number of H-pyrrole nitrogens is 1. The molecular weight excluding hydrogens is 381 g/mol. The summed E-state index contributed by atoms with van der Waals surface area (Å²) in [7, 11) is 0. The molecule has 1 aromatic carbocycles. The number of benzene rings is 1. The number of alkyl halides is 3. The lowest BCUT2D eigenvalue weighted by Crippen LogP contribution is -2.39. The van der Waals surface area contributed by atoms with E-state index in [4.69, 9.17) is 11.6 Å². The summed E-state index contributed by atoms with van der Waals surface area (Å²) >= 11 is 5.96. The average molecular weight is 395 g/mol. The van der Waals surface area contributed by atoms with Gasteiger partial charge in [0.2, 0.25) is 0 Å². The summed E-state index contributed by atoms with van der Waals surface area (Å²) in [4.78, 5) is 25.7. The summed E-state index contributed by atoms with van der Waals surface area (Å²) in [6, 6.07) is 5.21. The van der Waals surface area contributed by atoms with E-state index in [9.17, 15) is 18.0 Å². The van der Waals surface area contributed by atoms with Crippen LogP contribution in [0.1, 0.15) is 40.4 Å². The van der Waals surface area contributed by atoms with Gasteiger partial charge in [-0.25, -0.2) is 4.98 Å². The molecular formula is C18H14ClF3N4O. The molecule has 0 radical (unpaired) electrons. The van der Waals surface area contributed by atoms with Gasteiger partial charge in [0.05, 0.1) is 27.7 Å². The number of carbonyl (C=O) groups excluding carboxylic acids is 1. The van der Waals surface area contributed by atoms with Crippen molar-refractivity contribution < 1.29 is 18.0 Å². The molecule has 4 rings (SSSR count). The second-order valence-corrected chi connectivity index (χ2v) is 6.81. The molecule has 0 spiro atoms. The van der Waals surface area contributed by atoms with E-state index in [1.807, 2.05) is 19.1 Å². The van der Waals surface area contributed by atoms with Crippen LogP contribution in [-0.2, 0) is 12.6 Å². The third-order valence-electron chi connectivity index (χ3n) is 4.77. The van der Waals surface area contributed by atoms with Gasteiger partial charge in [0, 0.05) is 24.9 Å². The van der Waals surface area contributed by atoms with Gasteiger partial charge in [0.15, 0.2) is 5.82 Å². The molecule has 3 aromatic rings. The van der Waals surface area contributed by atoms with Crippen molar-refractivity contribution in [2.75, 3.05) is 6.54 Å². The Bertz CT molecular complexity index is 1050. The van der Waals surface area contributed by atoms with Crippen LogP contribution in [0.15, 0.2) is 30.5 Å². The number of rotatable bonds is 1. The number of hydrogen-bond acceptors (Lipinski definition) is 3. The number of nitrogens with zero attached hydrogens (tertiary/aromatic N) is 3. The van der Waals surface area contributed by atoms with Crippen LogP contribution in [0.25, 0.3) is 11.0 Å². The van der Waals surface area contributed by atoms with Crippen molar-refractivity contribution in [2.45, 2.75) is 25.6 Å². The molecule has 0 fully saturated rings. The number of amides is 1. The second kappa shape index (κ2) is 6.23. The zero-order valence-electron chi connectivity index (χ0n) is 14.1. The highest BCUT2D eigenvalue weighted by atomic mass is 35.5. The Balaban J connectivity index is 1.70. The van der Waals surface area contributed by atoms with Gasteiger partial charge in [-0.05, 0) is 30.7 Å². The first kappa shape index (κ1) is 17.8. The predicted octanol–water partition coefficient (Wildman–Crippen LogP) is 4.39. The highest BCUT2D eigenvalue weighted by Crippen LogP contribution is 2.35. The van der Waals surface area contributed by atoms with Crippen LogP contribution in [0, 0.1) is 0 Å². The van der Waals surface area contributed by atoms with Gasteiger partial charge in [0.1, 0.15) is 0 Å². The average Bonchev–Trinajstić information content (AvgIpc) is 3.06. The third-order valence-corrected chi connectivity index (χ3v) is 5.07. The summed E-state index contributed by atoms with van der Waals surface area (Å²) in [5.41, 5.74) is 1.20. The number of pyridine rings is 1. The van der Waals surface area contributed by atoms with E-state index in [-0.39, 0.29) is 27.9 Å². The number of hydrogen-bond donors (Lipinski definition) is 1. The lowest BCUT2D eigenvalue weighted by Gasteiger charge is -2.34. The molecule has 140 valence electrons. The fourth-order valence-electron chi connectivity index (χ4n) is 3.38. The van der Waals surface area contributed by atoms with Crippen molar-refractivity contribution in [3.05, 3.63) is 58.1 Å². The minimum absolute atomic E-state index is 0.00454. The van der Waals surface area contributed by atoms with Gasteiger partial charge in [0.25, 0.3) is 5.91 Å². The van der Waals surface area contributed by atoms with E-state index in [0.29, 0.717) is 13.0 Å². The van der Waals surface area contributed by atoms with Crippen LogP contribution < -0.4 is 0 Å². The maximum Gasteiger partial charge on any atom is 0.416 e. The number of aromatic nitrogens is 3. The van der Waals surface area contributed by atoms with Crippen LogP contribution >= 0.6 is 11.6 Å². The smallest absolute Gasteiger partial charge is 0.333 e. The number of halogens is 4. The molecule has 5 nitrogen and oxygen atoms in total. The van der Waals surface area contributed by atoms with Crippen LogP contribution in [0.5, 0.6) is 0 Å². The van der Waals surface area contributed by atoms with Crippen molar-refractivity contribution >= 4 is 28.5 Å². The van der Waals surface area contributed by atoms with E-state index in [1.54, 1.807) is 11.1 Å². The monoisotopic (exact) mass is 394 g/mol. The minimum atomic E-state index is -4.54. The van der Waals surface area contributed by atoms with Gasteiger partial charge in [-0.3, -0.25) is 9.78 Å². The zero-order valence-corrected chi connectivity index (χ0v) is 14.9. The molecule has 1 amide bonds. The van der Waals surface area contributed by atoms with E-state index in [0.717, 1.165) is 23.4 Å². The normalized spacial score (nSPS) is 17.2. The molecule has 3 heterocycles. The lowest BCUT2D eigenvalue weighted by molar-refractivity contribution is -0.137. The first-order valence-corrected chi connectivity index (χ1v) is 8.64. The van der Waals surface area contributed by atoms with Crippen molar-refractivity contribution in [3.63, 3.8) is 0 Å². The molecule has 1 aliphatic rings. The van der Waals surface area contributed by atoms with E-state index >= 15 is 0 Å². The number of aromatic amines is 1. The van der Waals surface area contributed by atoms with Crippen LogP contribution in [-0.4, -0.2) is 32.3 Å². The summed E-state index contributed by atoms with van der Waals surface area (Å²) in [6.45, 7) is 2.33. The van der Waals surface area contributed by atoms with Crippen molar-refractivity contribution in [3.8, 4) is 0 Å². The topological polar surface area (TPSA) is 61.9 Å². The van der Waals surface area contributed by atoms with Gasteiger partial charge in [-0.15, -0.1) is 0 Å². The highest BCUT2D eigenvalue weighted by Gasteiger charge is 2.33. The molecule has 9 heteroatoms. The Kier molecular flexibility index (Phi) is 4.10. The Hall–Kier alpha value is -2.61. The molecule has 27 heavy (non-hydrogen) atoms. The van der Waals surface area contributed by atoms with Gasteiger partial charge in [-0.1, -0.05) is 17.7 Å². The summed E-state index contributed by atoms with van der Waals surface area (Å²) in [6.07, 6.45) is -2.23.